The van der Waals surface area contributed by atoms with Gasteiger partial charge in [0.2, 0.25) is 0 Å². The van der Waals surface area contributed by atoms with Crippen molar-refractivity contribution in [1.82, 2.24) is 0 Å². The van der Waals surface area contributed by atoms with Gasteiger partial charge in [-0.25, -0.2) is 0 Å². The Labute approximate surface area is 83.0 Å². The molecule has 0 saturated heterocycles. The number of rotatable bonds is 2. The van der Waals surface area contributed by atoms with E-state index in [2.05, 4.69) is 6.58 Å². The van der Waals surface area contributed by atoms with Crippen LogP contribution in [0.1, 0.15) is 11.1 Å². The van der Waals surface area contributed by atoms with Crippen molar-refractivity contribution in [1.29, 1.82) is 0 Å². The quantitative estimate of drug-likeness (QED) is 0.563. The van der Waals surface area contributed by atoms with Gasteiger partial charge in [-0.2, -0.15) is 13.2 Å². The molecule has 0 saturated carbocycles. The van der Waals surface area contributed by atoms with Gasteiger partial charge in [0.25, 0.3) is 5.69 Å². The van der Waals surface area contributed by atoms with Crippen molar-refractivity contribution in [2.75, 3.05) is 0 Å². The Bertz CT molecular complexity index is 412. The van der Waals surface area contributed by atoms with E-state index < -0.39 is 27.9 Å². The molecule has 1 rings (SSSR count). The zero-order chi connectivity index (χ0) is 11.6. The number of hydrogen-bond acceptors (Lipinski definition) is 2. The molecule has 3 nitrogen and oxygen atoms in total. The van der Waals surface area contributed by atoms with Crippen molar-refractivity contribution in [3.63, 3.8) is 0 Å². The lowest BCUT2D eigenvalue weighted by molar-refractivity contribution is -0.388. The average molecular weight is 216 g/mol. The number of alkyl halides is 3. The molecule has 0 bridgehead atoms. The second-order valence-electron chi connectivity index (χ2n) is 2.63. The lowest BCUT2D eigenvalue weighted by atomic mass is 10.1. The van der Waals surface area contributed by atoms with Crippen molar-refractivity contribution in [2.45, 2.75) is 6.18 Å². The molecule has 0 N–H and O–H groups in total. The molecular weight excluding hydrogens is 211 g/mol. The van der Waals surface area contributed by atoms with Crippen LogP contribution in [0.4, 0.5) is 18.9 Å². The van der Waals surface area contributed by atoms with Crippen molar-refractivity contribution in [2.24, 2.45) is 0 Å². The summed E-state index contributed by atoms with van der Waals surface area (Å²) in [7, 11) is 0. The van der Waals surface area contributed by atoms with Crippen LogP contribution in [0.25, 0.3) is 0 Å². The minimum absolute atomic E-state index is 0.420. The second kappa shape index (κ2) is 3.72. The average Bonchev–Trinajstić information content (AvgIpc) is 2.15. The van der Waals surface area contributed by atoms with Crippen LogP contribution in [0.3, 0.4) is 0 Å². The van der Waals surface area contributed by atoms with Crippen LogP contribution in [0, 0.1) is 16.2 Å². The number of nitro benzene ring substituents is 1. The van der Waals surface area contributed by atoms with E-state index >= 15 is 0 Å². The molecule has 0 heterocycles. The Morgan fingerprint density at radius 2 is 2.00 bits per heavy atom. The smallest absolute Gasteiger partial charge is 0.258 e. The molecule has 1 aromatic carbocycles. The molecular formula is C9H5F3NO2. The molecule has 1 radical (unpaired) electrons. The van der Waals surface area contributed by atoms with Gasteiger partial charge in [0, 0.05) is 11.6 Å². The topological polar surface area (TPSA) is 43.1 Å². The first-order valence-electron chi connectivity index (χ1n) is 3.75. The molecule has 15 heavy (non-hydrogen) atoms. The highest BCUT2D eigenvalue weighted by Gasteiger charge is 2.40. The van der Waals surface area contributed by atoms with Crippen LogP contribution in [0.5, 0.6) is 0 Å². The number of nitrogens with zero attached hydrogens (tertiary/aromatic N) is 1. The molecule has 0 aliphatic carbocycles. The largest absolute Gasteiger partial charge is 0.423 e. The van der Waals surface area contributed by atoms with Crippen molar-refractivity contribution >= 4 is 5.69 Å². The molecule has 0 aromatic heterocycles. The summed E-state index contributed by atoms with van der Waals surface area (Å²) in [6.45, 7) is 3.06. The number of nitro groups is 1. The first kappa shape index (κ1) is 11.2. The van der Waals surface area contributed by atoms with E-state index in [4.69, 9.17) is 0 Å². The van der Waals surface area contributed by atoms with Crippen molar-refractivity contribution in [3.05, 3.63) is 52.1 Å². The van der Waals surface area contributed by atoms with Gasteiger partial charge < -0.3 is 0 Å². The predicted molar refractivity (Wildman–Crippen MR) is 46.1 cm³/mol. The van der Waals surface area contributed by atoms with Gasteiger partial charge in [-0.15, -0.1) is 0 Å². The Morgan fingerprint density at radius 3 is 2.40 bits per heavy atom. The van der Waals surface area contributed by atoms with Gasteiger partial charge in [0.05, 0.1) is 4.92 Å². The summed E-state index contributed by atoms with van der Waals surface area (Å²) in [5.41, 5.74) is -2.72. The summed E-state index contributed by atoms with van der Waals surface area (Å²) in [4.78, 5) is 9.31. The molecule has 0 atom stereocenters. The molecule has 0 unspecified atom stereocenters. The van der Waals surface area contributed by atoms with Crippen molar-refractivity contribution < 1.29 is 18.1 Å². The number of benzene rings is 1. The molecule has 6 heteroatoms. The Balaban J connectivity index is 3.54. The van der Waals surface area contributed by atoms with E-state index in [0.29, 0.717) is 0 Å². The number of halogens is 3. The van der Waals surface area contributed by atoms with E-state index in [0.717, 1.165) is 18.2 Å². The Hall–Kier alpha value is -1.85. The summed E-state index contributed by atoms with van der Waals surface area (Å²) < 4.78 is 37.5. The first-order chi connectivity index (χ1) is 6.88. The lowest BCUT2D eigenvalue weighted by Crippen LogP contribution is -2.11. The van der Waals surface area contributed by atoms with Gasteiger partial charge in [-0.3, -0.25) is 10.1 Å². The third-order valence-corrected chi connectivity index (χ3v) is 1.71. The summed E-state index contributed by atoms with van der Waals surface area (Å²) in [6, 6.07) is 3.02. The fourth-order valence-electron chi connectivity index (χ4n) is 1.14. The number of hydrogen-bond donors (Lipinski definition) is 0. The van der Waals surface area contributed by atoms with Crippen LogP contribution in [-0.4, -0.2) is 4.92 Å². The SMILES string of the molecule is C=[C]c1cccc([N+](=O)[O-])c1C(F)(F)F. The van der Waals surface area contributed by atoms with E-state index in [-0.39, 0.29) is 0 Å². The van der Waals surface area contributed by atoms with Crippen LogP contribution >= 0.6 is 0 Å². The Kier molecular flexibility index (Phi) is 2.78. The van der Waals surface area contributed by atoms with Crippen LogP contribution in [0.15, 0.2) is 24.8 Å². The highest BCUT2D eigenvalue weighted by molar-refractivity contribution is 5.49. The third kappa shape index (κ3) is 2.15. The van der Waals surface area contributed by atoms with Crippen LogP contribution in [0.2, 0.25) is 0 Å². The van der Waals surface area contributed by atoms with Crippen LogP contribution < -0.4 is 0 Å². The maximum Gasteiger partial charge on any atom is 0.423 e. The standard InChI is InChI=1S/C9H5F3NO2/c1-2-6-4-3-5-7(13(14)15)8(6)9(10,11)12/h3-5H,1H2. The predicted octanol–water partition coefficient (Wildman–Crippen LogP) is 2.95. The molecule has 0 aliphatic heterocycles. The van der Waals surface area contributed by atoms with Crippen LogP contribution in [-0.2, 0) is 6.18 Å². The normalized spacial score (nSPS) is 11.1. The van der Waals surface area contributed by atoms with Gasteiger partial charge >= 0.3 is 6.18 Å². The van der Waals surface area contributed by atoms with Crippen molar-refractivity contribution in [3.8, 4) is 0 Å². The molecule has 0 fully saturated rings. The molecule has 0 spiro atoms. The van der Waals surface area contributed by atoms with Gasteiger partial charge in [-0.05, 0) is 6.08 Å². The van der Waals surface area contributed by atoms with Gasteiger partial charge in [-0.1, -0.05) is 18.7 Å². The molecule has 1 aromatic rings. The maximum atomic E-state index is 12.5. The van der Waals surface area contributed by atoms with E-state index in [1.54, 1.807) is 0 Å². The highest BCUT2D eigenvalue weighted by Crippen LogP contribution is 2.38. The first-order valence-corrected chi connectivity index (χ1v) is 3.75. The van der Waals surface area contributed by atoms with E-state index in [1.807, 2.05) is 6.08 Å². The van der Waals surface area contributed by atoms with E-state index in [9.17, 15) is 23.3 Å². The monoisotopic (exact) mass is 216 g/mol. The third-order valence-electron chi connectivity index (χ3n) is 1.71. The maximum absolute atomic E-state index is 12.5. The summed E-state index contributed by atoms with van der Waals surface area (Å²) >= 11 is 0. The summed E-state index contributed by atoms with van der Waals surface area (Å²) in [5, 5.41) is 10.4. The minimum Gasteiger partial charge on any atom is -0.258 e. The fourth-order valence-corrected chi connectivity index (χ4v) is 1.14. The lowest BCUT2D eigenvalue weighted by Gasteiger charge is -2.09. The zero-order valence-corrected chi connectivity index (χ0v) is 7.34. The molecule has 0 amide bonds. The molecule has 79 valence electrons. The fraction of sp³-hybridized carbons (Fsp3) is 0.111. The molecule has 0 aliphatic rings. The van der Waals surface area contributed by atoms with E-state index in [1.165, 1.54) is 0 Å². The highest BCUT2D eigenvalue weighted by atomic mass is 19.4. The van der Waals surface area contributed by atoms with Gasteiger partial charge in [0.15, 0.2) is 0 Å². The Morgan fingerprint density at radius 1 is 1.40 bits per heavy atom. The zero-order valence-electron chi connectivity index (χ0n) is 7.34. The second-order valence-corrected chi connectivity index (χ2v) is 2.63. The summed E-state index contributed by atoms with van der Waals surface area (Å²) in [5.74, 6) is 0. The summed E-state index contributed by atoms with van der Waals surface area (Å²) in [6.07, 6.45) is -2.77. The van der Waals surface area contributed by atoms with Gasteiger partial charge in [0.1, 0.15) is 5.56 Å². The minimum atomic E-state index is -4.79.